The van der Waals surface area contributed by atoms with Crippen molar-refractivity contribution in [1.29, 1.82) is 0 Å². The molecule has 2 aromatic carbocycles. The molecule has 0 bridgehead atoms. The summed E-state index contributed by atoms with van der Waals surface area (Å²) in [7, 11) is 0. The number of hydrogen-bond acceptors (Lipinski definition) is 1. The highest BCUT2D eigenvalue weighted by Gasteiger charge is 2.35. The van der Waals surface area contributed by atoms with Crippen LogP contribution in [-0.2, 0) is 4.79 Å². The lowest BCUT2D eigenvalue weighted by Gasteiger charge is -2.34. The van der Waals surface area contributed by atoms with E-state index in [1.807, 2.05) is 12.2 Å². The fraction of sp³-hybridized carbons (Fsp3) is 0.514. The van der Waals surface area contributed by atoms with Crippen LogP contribution in [0.4, 0.5) is 8.78 Å². The van der Waals surface area contributed by atoms with Crippen molar-refractivity contribution in [2.75, 3.05) is 0 Å². The highest BCUT2D eigenvalue weighted by atomic mass is 19.1. The number of carbonyl (C=O) groups is 1. The molecule has 0 N–H and O–H groups in total. The van der Waals surface area contributed by atoms with Crippen LogP contribution in [0.25, 0.3) is 0 Å². The van der Waals surface area contributed by atoms with Crippen molar-refractivity contribution in [3.05, 3.63) is 96.6 Å². The predicted octanol–water partition coefficient (Wildman–Crippen LogP) is 9.95. The van der Waals surface area contributed by atoms with Gasteiger partial charge < -0.3 is 0 Å². The summed E-state index contributed by atoms with van der Waals surface area (Å²) >= 11 is 0. The van der Waals surface area contributed by atoms with Gasteiger partial charge in [-0.1, -0.05) is 62.1 Å². The molecule has 4 rings (SSSR count). The SMILES string of the molecule is C=CC[C@H]1CC[C@H](CC(C(=O)C(C[C@H]2CC[C@H](CC=C)CC2)c2ccc(F)cc2)c2ccc(F)cc2)CC1. The standard InChI is InChI=1S/C35H44F2O/c1-3-5-25-7-11-27(12-8-25)23-33(29-15-19-31(36)20-16-29)35(38)34(30-17-21-32(37)22-18-30)24-28-13-9-26(6-4-2)10-14-28/h3-4,15-22,25-28,33-34H,1-2,5-14,23-24H2/t25-,26-,27-,28-,33?,34?. The van der Waals surface area contributed by atoms with Crippen molar-refractivity contribution in [2.45, 2.75) is 88.9 Å². The normalized spacial score (nSPS) is 25.3. The summed E-state index contributed by atoms with van der Waals surface area (Å²) in [4.78, 5) is 14.5. The number of Topliss-reactive ketones (excluding diaryl/α,β-unsaturated/α-hetero) is 1. The van der Waals surface area contributed by atoms with E-state index in [9.17, 15) is 13.6 Å². The Morgan fingerprint density at radius 3 is 1.26 bits per heavy atom. The van der Waals surface area contributed by atoms with Gasteiger partial charge in [0.1, 0.15) is 17.4 Å². The molecule has 0 aliphatic heterocycles. The number of rotatable bonds is 12. The van der Waals surface area contributed by atoms with Crippen LogP contribution in [0.15, 0.2) is 73.8 Å². The van der Waals surface area contributed by atoms with Crippen molar-refractivity contribution < 1.29 is 13.6 Å². The van der Waals surface area contributed by atoms with E-state index < -0.39 is 0 Å². The zero-order chi connectivity index (χ0) is 26.9. The Bertz CT molecular complexity index is 941. The molecule has 2 saturated carbocycles. The minimum absolute atomic E-state index is 0.213. The van der Waals surface area contributed by atoms with Crippen LogP contribution in [-0.4, -0.2) is 5.78 Å². The van der Waals surface area contributed by atoms with E-state index in [-0.39, 0.29) is 29.3 Å². The van der Waals surface area contributed by atoms with Gasteiger partial charge in [0.25, 0.3) is 0 Å². The first kappa shape index (κ1) is 28.5. The van der Waals surface area contributed by atoms with Crippen molar-refractivity contribution in [1.82, 2.24) is 0 Å². The van der Waals surface area contributed by atoms with Gasteiger partial charge in [0.05, 0.1) is 0 Å². The molecule has 2 unspecified atom stereocenters. The molecule has 0 heterocycles. The largest absolute Gasteiger partial charge is 0.298 e. The van der Waals surface area contributed by atoms with Gasteiger partial charge in [0.15, 0.2) is 0 Å². The molecule has 2 atom stereocenters. The van der Waals surface area contributed by atoms with Crippen molar-refractivity contribution >= 4 is 5.78 Å². The summed E-state index contributed by atoms with van der Waals surface area (Å²) in [5.74, 6) is 1.47. The van der Waals surface area contributed by atoms with Crippen molar-refractivity contribution in [3.8, 4) is 0 Å². The molecule has 0 amide bonds. The van der Waals surface area contributed by atoms with E-state index in [1.165, 1.54) is 49.9 Å². The molecule has 1 nitrogen and oxygen atoms in total. The maximum absolute atomic E-state index is 14.5. The van der Waals surface area contributed by atoms with Gasteiger partial charge in [-0.05, 0) is 110 Å². The number of halogens is 2. The molecule has 0 radical (unpaired) electrons. The molecule has 38 heavy (non-hydrogen) atoms. The molecule has 0 spiro atoms. The quantitative estimate of drug-likeness (QED) is 0.256. The Morgan fingerprint density at radius 1 is 0.632 bits per heavy atom. The van der Waals surface area contributed by atoms with E-state index in [1.54, 1.807) is 24.3 Å². The van der Waals surface area contributed by atoms with Crippen molar-refractivity contribution in [3.63, 3.8) is 0 Å². The van der Waals surface area contributed by atoms with Crippen LogP contribution in [0.5, 0.6) is 0 Å². The molecule has 2 aliphatic rings. The van der Waals surface area contributed by atoms with E-state index in [0.29, 0.717) is 23.7 Å². The lowest BCUT2D eigenvalue weighted by molar-refractivity contribution is -0.123. The van der Waals surface area contributed by atoms with Crippen LogP contribution in [0.1, 0.15) is 100 Å². The monoisotopic (exact) mass is 518 g/mol. The molecule has 3 heteroatoms. The second-order valence-corrected chi connectivity index (χ2v) is 11.9. The molecule has 2 aliphatic carbocycles. The second-order valence-electron chi connectivity index (χ2n) is 11.9. The molecular formula is C35H44F2O. The van der Waals surface area contributed by atoms with Crippen LogP contribution in [0.3, 0.4) is 0 Å². The highest BCUT2D eigenvalue weighted by molar-refractivity contribution is 5.91. The van der Waals surface area contributed by atoms with Gasteiger partial charge in [0, 0.05) is 11.8 Å². The summed E-state index contributed by atoms with van der Waals surface area (Å²) in [5.41, 5.74) is 1.82. The number of carbonyl (C=O) groups excluding carboxylic acids is 1. The number of hydrogen-bond donors (Lipinski definition) is 0. The zero-order valence-electron chi connectivity index (χ0n) is 22.8. The van der Waals surface area contributed by atoms with Gasteiger partial charge in [-0.2, -0.15) is 0 Å². The average Bonchev–Trinajstić information content (AvgIpc) is 2.93. The summed E-state index contributed by atoms with van der Waals surface area (Å²) in [6.45, 7) is 7.81. The summed E-state index contributed by atoms with van der Waals surface area (Å²) in [5, 5.41) is 0. The second kappa shape index (κ2) is 14.0. The molecule has 2 fully saturated rings. The maximum atomic E-state index is 14.5. The van der Waals surface area contributed by atoms with E-state index >= 15 is 0 Å². The van der Waals surface area contributed by atoms with Crippen molar-refractivity contribution in [2.24, 2.45) is 23.7 Å². The van der Waals surface area contributed by atoms with Crippen LogP contribution >= 0.6 is 0 Å². The van der Waals surface area contributed by atoms with Crippen LogP contribution in [0, 0.1) is 35.3 Å². The number of allylic oxidation sites excluding steroid dienone is 2. The van der Waals surface area contributed by atoms with E-state index in [0.717, 1.165) is 62.5 Å². The van der Waals surface area contributed by atoms with Gasteiger partial charge in [-0.25, -0.2) is 8.78 Å². The fourth-order valence-electron chi connectivity index (χ4n) is 7.01. The Hall–Kier alpha value is -2.55. The van der Waals surface area contributed by atoms with E-state index in [2.05, 4.69) is 13.2 Å². The van der Waals surface area contributed by atoms with Crippen LogP contribution < -0.4 is 0 Å². The molecule has 0 saturated heterocycles. The maximum Gasteiger partial charge on any atom is 0.147 e. The first-order chi connectivity index (χ1) is 18.5. The Balaban J connectivity index is 1.56. The molecule has 2 aromatic rings. The summed E-state index contributed by atoms with van der Waals surface area (Å²) in [6, 6.07) is 13.1. The van der Waals surface area contributed by atoms with Gasteiger partial charge in [-0.3, -0.25) is 4.79 Å². The summed E-state index contributed by atoms with van der Waals surface area (Å²) in [6.07, 6.45) is 17.0. The first-order valence-electron chi connectivity index (χ1n) is 14.7. The lowest BCUT2D eigenvalue weighted by Crippen LogP contribution is -2.27. The number of ketones is 1. The van der Waals surface area contributed by atoms with E-state index in [4.69, 9.17) is 0 Å². The topological polar surface area (TPSA) is 17.1 Å². The fourth-order valence-corrected chi connectivity index (χ4v) is 7.01. The van der Waals surface area contributed by atoms with Gasteiger partial charge in [0.2, 0.25) is 0 Å². The minimum atomic E-state index is -0.281. The van der Waals surface area contributed by atoms with Crippen LogP contribution in [0.2, 0.25) is 0 Å². The molecule has 204 valence electrons. The lowest BCUT2D eigenvalue weighted by atomic mass is 9.70. The minimum Gasteiger partial charge on any atom is -0.298 e. The Kier molecular flexibility index (Phi) is 10.5. The summed E-state index contributed by atoms with van der Waals surface area (Å²) < 4.78 is 27.7. The Morgan fingerprint density at radius 2 is 0.947 bits per heavy atom. The highest BCUT2D eigenvalue weighted by Crippen LogP contribution is 2.42. The molecular weight excluding hydrogens is 474 g/mol. The van der Waals surface area contributed by atoms with Gasteiger partial charge >= 0.3 is 0 Å². The third kappa shape index (κ3) is 7.74. The number of benzene rings is 2. The molecule has 0 aromatic heterocycles. The Labute approximate surface area is 228 Å². The zero-order valence-corrected chi connectivity index (χ0v) is 22.8. The third-order valence-corrected chi connectivity index (χ3v) is 9.30. The predicted molar refractivity (Wildman–Crippen MR) is 153 cm³/mol. The third-order valence-electron chi connectivity index (χ3n) is 9.30. The average molecular weight is 519 g/mol. The smallest absolute Gasteiger partial charge is 0.147 e. The first-order valence-corrected chi connectivity index (χ1v) is 14.7. The van der Waals surface area contributed by atoms with Gasteiger partial charge in [-0.15, -0.1) is 13.2 Å².